The standard InChI is InChI=1S/C20H28N4OS.HI/c1-14-4-6-15(7-5-14)19-23-17(13-25-19)10-11-22-20(21-2)24-16-8-9-18(12-16)26-3;/h4-7,13,16,18H,8-12H2,1-3H3,(H2,21,22,24);1H. The third-order valence-electron chi connectivity index (χ3n) is 4.81. The Labute approximate surface area is 183 Å². The summed E-state index contributed by atoms with van der Waals surface area (Å²) in [7, 11) is 1.82. The lowest BCUT2D eigenvalue weighted by Gasteiger charge is -2.17. The minimum atomic E-state index is 0. The summed E-state index contributed by atoms with van der Waals surface area (Å²) >= 11 is 1.97. The Balaban J connectivity index is 0.00000261. The molecule has 1 fully saturated rings. The molecule has 1 aromatic heterocycles. The molecule has 0 aliphatic heterocycles. The highest BCUT2D eigenvalue weighted by Gasteiger charge is 2.24. The molecule has 2 atom stereocenters. The third-order valence-corrected chi connectivity index (χ3v) is 5.90. The number of thioether (sulfide) groups is 1. The van der Waals surface area contributed by atoms with Gasteiger partial charge in [0.2, 0.25) is 5.89 Å². The fourth-order valence-corrected chi connectivity index (χ4v) is 4.03. The van der Waals surface area contributed by atoms with Crippen LogP contribution in [0.5, 0.6) is 0 Å². The summed E-state index contributed by atoms with van der Waals surface area (Å²) < 4.78 is 5.62. The molecule has 0 radical (unpaired) electrons. The van der Waals surface area contributed by atoms with Crippen molar-refractivity contribution < 1.29 is 4.42 Å². The van der Waals surface area contributed by atoms with E-state index in [1.54, 1.807) is 6.26 Å². The predicted octanol–water partition coefficient (Wildman–Crippen LogP) is 4.26. The lowest BCUT2D eigenvalue weighted by Crippen LogP contribution is -2.43. The number of guanidine groups is 1. The first-order valence-corrected chi connectivity index (χ1v) is 10.5. The maximum Gasteiger partial charge on any atom is 0.226 e. The van der Waals surface area contributed by atoms with E-state index >= 15 is 0 Å². The van der Waals surface area contributed by atoms with Crippen LogP contribution in [0.3, 0.4) is 0 Å². The average Bonchev–Trinajstić information content (AvgIpc) is 3.31. The molecule has 0 saturated heterocycles. The predicted molar refractivity (Wildman–Crippen MR) is 125 cm³/mol. The molecule has 0 spiro atoms. The van der Waals surface area contributed by atoms with Gasteiger partial charge in [0.1, 0.15) is 6.26 Å². The van der Waals surface area contributed by atoms with Crippen molar-refractivity contribution in [3.63, 3.8) is 0 Å². The molecule has 1 aliphatic rings. The second kappa shape index (κ2) is 10.9. The zero-order chi connectivity index (χ0) is 18.4. The number of hydrogen-bond donors (Lipinski definition) is 2. The van der Waals surface area contributed by atoms with Crippen molar-refractivity contribution in [3.05, 3.63) is 41.8 Å². The van der Waals surface area contributed by atoms with Crippen molar-refractivity contribution >= 4 is 41.7 Å². The van der Waals surface area contributed by atoms with E-state index in [4.69, 9.17) is 4.42 Å². The molecule has 1 heterocycles. The van der Waals surface area contributed by atoms with Crippen LogP contribution >= 0.6 is 35.7 Å². The van der Waals surface area contributed by atoms with Crippen molar-refractivity contribution in [2.45, 2.75) is 43.9 Å². The number of benzene rings is 1. The molecule has 0 bridgehead atoms. The van der Waals surface area contributed by atoms with Gasteiger partial charge in [0.15, 0.2) is 5.96 Å². The van der Waals surface area contributed by atoms with Crippen molar-refractivity contribution in [3.8, 4) is 11.5 Å². The molecule has 1 aromatic carbocycles. The fourth-order valence-electron chi connectivity index (χ4n) is 3.23. The van der Waals surface area contributed by atoms with Gasteiger partial charge in [-0.25, -0.2) is 4.98 Å². The first-order valence-electron chi connectivity index (χ1n) is 9.19. The highest BCUT2D eigenvalue weighted by Crippen LogP contribution is 2.28. The van der Waals surface area contributed by atoms with Crippen LogP contribution in [0.1, 0.15) is 30.5 Å². The van der Waals surface area contributed by atoms with E-state index in [1.165, 1.54) is 24.8 Å². The lowest BCUT2D eigenvalue weighted by atomic mass is 10.1. The van der Waals surface area contributed by atoms with Crippen LogP contribution < -0.4 is 10.6 Å². The molecule has 5 nitrogen and oxygen atoms in total. The van der Waals surface area contributed by atoms with Gasteiger partial charge in [-0.3, -0.25) is 4.99 Å². The second-order valence-electron chi connectivity index (χ2n) is 6.77. The smallest absolute Gasteiger partial charge is 0.226 e. The number of nitrogens with zero attached hydrogens (tertiary/aromatic N) is 2. The van der Waals surface area contributed by atoms with Gasteiger partial charge >= 0.3 is 0 Å². The molecule has 1 aliphatic carbocycles. The van der Waals surface area contributed by atoms with Gasteiger partial charge in [-0.15, -0.1) is 24.0 Å². The van der Waals surface area contributed by atoms with Gasteiger partial charge in [-0.2, -0.15) is 11.8 Å². The van der Waals surface area contributed by atoms with E-state index in [1.807, 2.05) is 30.9 Å². The zero-order valence-electron chi connectivity index (χ0n) is 16.2. The van der Waals surface area contributed by atoms with E-state index in [0.717, 1.165) is 35.4 Å². The molecule has 2 N–H and O–H groups in total. The molecule has 27 heavy (non-hydrogen) atoms. The van der Waals surface area contributed by atoms with E-state index in [9.17, 15) is 0 Å². The third kappa shape index (κ3) is 6.41. The van der Waals surface area contributed by atoms with E-state index in [2.05, 4.69) is 45.9 Å². The molecule has 148 valence electrons. The number of nitrogens with one attached hydrogen (secondary N) is 2. The van der Waals surface area contributed by atoms with Crippen molar-refractivity contribution in [1.29, 1.82) is 0 Å². The van der Waals surface area contributed by atoms with E-state index in [-0.39, 0.29) is 24.0 Å². The van der Waals surface area contributed by atoms with Crippen LogP contribution in [0.15, 0.2) is 39.9 Å². The Morgan fingerprint density at radius 3 is 2.74 bits per heavy atom. The molecular formula is C20H29IN4OS. The number of oxazole rings is 1. The number of halogens is 1. The summed E-state index contributed by atoms with van der Waals surface area (Å²) in [6, 6.07) is 8.75. The average molecular weight is 500 g/mol. The van der Waals surface area contributed by atoms with Crippen molar-refractivity contribution in [1.82, 2.24) is 15.6 Å². The highest BCUT2D eigenvalue weighted by molar-refractivity contribution is 14.0. The maximum absolute atomic E-state index is 5.62. The SMILES string of the molecule is CN=C(NCCc1coc(-c2ccc(C)cc2)n1)NC1CCC(SC)C1.I. The molecule has 2 aromatic rings. The Kier molecular flexibility index (Phi) is 8.95. The largest absolute Gasteiger partial charge is 0.444 e. The number of hydrogen-bond acceptors (Lipinski definition) is 4. The molecule has 0 amide bonds. The van der Waals surface area contributed by atoms with Crippen molar-refractivity contribution in [2.75, 3.05) is 19.8 Å². The minimum Gasteiger partial charge on any atom is -0.444 e. The molecule has 3 rings (SSSR count). The van der Waals surface area contributed by atoms with Crippen LogP contribution in [-0.2, 0) is 6.42 Å². The number of aliphatic imine (C=N–C) groups is 1. The minimum absolute atomic E-state index is 0. The first-order chi connectivity index (χ1) is 12.7. The fraction of sp³-hybridized carbons (Fsp3) is 0.500. The molecule has 2 unspecified atom stereocenters. The normalized spacial score (nSPS) is 19.6. The van der Waals surface area contributed by atoms with Gasteiger partial charge < -0.3 is 15.1 Å². The quantitative estimate of drug-likeness (QED) is 0.353. The molecule has 7 heteroatoms. The van der Waals surface area contributed by atoms with Crippen LogP contribution in [0.25, 0.3) is 11.5 Å². The Hall–Kier alpha value is -1.22. The van der Waals surface area contributed by atoms with Gasteiger partial charge in [0, 0.05) is 36.9 Å². The maximum atomic E-state index is 5.62. The van der Waals surface area contributed by atoms with Gasteiger partial charge in [-0.05, 0) is 44.6 Å². The zero-order valence-corrected chi connectivity index (χ0v) is 19.3. The summed E-state index contributed by atoms with van der Waals surface area (Å²) in [5.41, 5.74) is 3.19. The Morgan fingerprint density at radius 2 is 2.07 bits per heavy atom. The summed E-state index contributed by atoms with van der Waals surface area (Å²) in [6.07, 6.45) is 8.46. The summed E-state index contributed by atoms with van der Waals surface area (Å²) in [4.78, 5) is 8.93. The van der Waals surface area contributed by atoms with Crippen molar-refractivity contribution in [2.24, 2.45) is 4.99 Å². The first kappa shape index (κ1) is 22.1. The van der Waals surface area contributed by atoms with Crippen LogP contribution in [0.2, 0.25) is 0 Å². The summed E-state index contributed by atoms with van der Waals surface area (Å²) in [5, 5.41) is 7.70. The van der Waals surface area contributed by atoms with Crippen LogP contribution in [0.4, 0.5) is 0 Å². The highest BCUT2D eigenvalue weighted by atomic mass is 127. The van der Waals surface area contributed by atoms with Gasteiger partial charge in [0.05, 0.1) is 5.69 Å². The van der Waals surface area contributed by atoms with Crippen LogP contribution in [-0.4, -0.2) is 42.1 Å². The van der Waals surface area contributed by atoms with Crippen LogP contribution in [0, 0.1) is 6.92 Å². The van der Waals surface area contributed by atoms with Gasteiger partial charge in [-0.1, -0.05) is 17.7 Å². The summed E-state index contributed by atoms with van der Waals surface area (Å²) in [5.74, 6) is 1.55. The Morgan fingerprint density at radius 1 is 1.30 bits per heavy atom. The molecular weight excluding hydrogens is 471 g/mol. The Bertz CT molecular complexity index is 732. The number of aryl methyl sites for hydroxylation is 1. The number of aromatic nitrogens is 1. The van der Waals surface area contributed by atoms with Gasteiger partial charge in [0.25, 0.3) is 0 Å². The summed E-state index contributed by atoms with van der Waals surface area (Å²) in [6.45, 7) is 2.85. The monoisotopic (exact) mass is 500 g/mol. The topological polar surface area (TPSA) is 62.5 Å². The number of rotatable bonds is 6. The molecule has 1 saturated carbocycles. The lowest BCUT2D eigenvalue weighted by molar-refractivity contribution is 0.572. The van der Waals surface area contributed by atoms with E-state index in [0.29, 0.717) is 11.9 Å². The van der Waals surface area contributed by atoms with E-state index < -0.39 is 0 Å². The second-order valence-corrected chi connectivity index (χ2v) is 7.91.